The minimum Gasteiger partial charge on any atom is -0.368 e. The molecule has 1 aromatic carbocycles. The second-order valence-electron chi connectivity index (χ2n) is 6.65. The maximum atomic E-state index is 12.7. The molecule has 0 radical (unpaired) electrons. The number of imide groups is 1. The number of halogens is 3. The average Bonchev–Trinajstić information content (AvgIpc) is 3.04. The van der Waals surface area contributed by atoms with Crippen molar-refractivity contribution in [3.05, 3.63) is 52.7 Å². The van der Waals surface area contributed by atoms with Gasteiger partial charge in [-0.2, -0.15) is 13.2 Å². The Labute approximate surface area is 174 Å². The van der Waals surface area contributed by atoms with E-state index in [-0.39, 0.29) is 4.91 Å². The van der Waals surface area contributed by atoms with E-state index in [9.17, 15) is 22.8 Å². The van der Waals surface area contributed by atoms with Crippen LogP contribution in [-0.2, 0) is 11.0 Å². The molecule has 30 heavy (non-hydrogen) atoms. The van der Waals surface area contributed by atoms with E-state index in [0.29, 0.717) is 37.8 Å². The van der Waals surface area contributed by atoms with E-state index >= 15 is 0 Å². The first-order valence-electron chi connectivity index (χ1n) is 9.05. The van der Waals surface area contributed by atoms with E-state index in [0.717, 1.165) is 29.6 Å². The third-order valence-corrected chi connectivity index (χ3v) is 5.52. The Morgan fingerprint density at radius 2 is 1.67 bits per heavy atom. The van der Waals surface area contributed by atoms with Crippen LogP contribution < -0.4 is 15.1 Å². The van der Waals surface area contributed by atoms with Gasteiger partial charge in [0.2, 0.25) is 5.95 Å². The fourth-order valence-electron chi connectivity index (χ4n) is 3.18. The maximum Gasteiger partial charge on any atom is 0.416 e. The largest absolute Gasteiger partial charge is 0.416 e. The Morgan fingerprint density at radius 1 is 1.00 bits per heavy atom. The highest BCUT2D eigenvalue weighted by Gasteiger charge is 2.30. The number of hydrogen-bond donors (Lipinski definition) is 1. The average molecular weight is 435 g/mol. The van der Waals surface area contributed by atoms with Gasteiger partial charge in [0, 0.05) is 38.1 Å². The van der Waals surface area contributed by atoms with Crippen LogP contribution in [0.15, 0.2) is 41.4 Å². The molecule has 0 saturated carbocycles. The number of nitrogens with zero attached hydrogens (tertiary/aromatic N) is 4. The zero-order valence-electron chi connectivity index (χ0n) is 15.5. The molecule has 0 atom stereocenters. The molecule has 0 bridgehead atoms. The minimum atomic E-state index is -4.35. The van der Waals surface area contributed by atoms with Gasteiger partial charge >= 0.3 is 6.18 Å². The number of alkyl halides is 3. The summed E-state index contributed by atoms with van der Waals surface area (Å²) in [6.45, 7) is 2.39. The maximum absolute atomic E-state index is 12.7. The highest BCUT2D eigenvalue weighted by Crippen LogP contribution is 2.31. The van der Waals surface area contributed by atoms with Gasteiger partial charge in [-0.25, -0.2) is 9.97 Å². The Morgan fingerprint density at radius 3 is 2.27 bits per heavy atom. The summed E-state index contributed by atoms with van der Waals surface area (Å²) in [5, 5.41) is 1.78. The van der Waals surface area contributed by atoms with Gasteiger partial charge in [-0.1, -0.05) is 0 Å². The minimum absolute atomic E-state index is 0.275. The molecular formula is C19H16F3N5O2S. The lowest BCUT2D eigenvalue weighted by Crippen LogP contribution is -2.47. The zero-order valence-corrected chi connectivity index (χ0v) is 16.3. The molecule has 2 aliphatic rings. The van der Waals surface area contributed by atoms with Crippen LogP contribution in [0.2, 0.25) is 0 Å². The summed E-state index contributed by atoms with van der Waals surface area (Å²) in [5.41, 5.74) is 0.577. The fourth-order valence-corrected chi connectivity index (χ4v) is 3.84. The molecule has 156 valence electrons. The molecule has 11 heteroatoms. The number of benzene rings is 1. The molecule has 2 aromatic rings. The normalized spacial score (nSPS) is 18.8. The third-order valence-electron chi connectivity index (χ3n) is 4.71. The molecule has 0 spiro atoms. The van der Waals surface area contributed by atoms with Crippen molar-refractivity contribution in [2.45, 2.75) is 6.18 Å². The van der Waals surface area contributed by atoms with Gasteiger partial charge in [0.15, 0.2) is 0 Å². The fraction of sp³-hybridized carbons (Fsp3) is 0.263. The van der Waals surface area contributed by atoms with Gasteiger partial charge in [0.1, 0.15) is 0 Å². The van der Waals surface area contributed by atoms with Gasteiger partial charge in [-0.15, -0.1) is 0 Å². The van der Waals surface area contributed by atoms with E-state index in [1.54, 1.807) is 12.3 Å². The smallest absolute Gasteiger partial charge is 0.368 e. The molecule has 0 aliphatic carbocycles. The third kappa shape index (κ3) is 4.40. The lowest BCUT2D eigenvalue weighted by atomic mass is 10.1. The van der Waals surface area contributed by atoms with Crippen molar-refractivity contribution in [1.29, 1.82) is 0 Å². The first-order chi connectivity index (χ1) is 14.3. The van der Waals surface area contributed by atoms with E-state index in [1.165, 1.54) is 18.2 Å². The van der Waals surface area contributed by atoms with Crippen LogP contribution in [0.25, 0.3) is 6.08 Å². The first kappa shape index (κ1) is 20.2. The standard InChI is InChI=1S/C19H16F3N5O2S/c20-19(21,22)12-1-3-14(4-2-12)26-7-9-27(10-8-26)17-23-6-5-13(24-17)11-15-16(28)25-18(29)30-15/h1-6,11H,7-10H2,(H,25,28,29)/b15-11+. The molecule has 4 rings (SSSR count). The molecule has 2 saturated heterocycles. The topological polar surface area (TPSA) is 78.4 Å². The van der Waals surface area contributed by atoms with Gasteiger partial charge in [-0.05, 0) is 48.2 Å². The van der Waals surface area contributed by atoms with Gasteiger partial charge in [0.25, 0.3) is 11.1 Å². The Balaban J connectivity index is 1.41. The lowest BCUT2D eigenvalue weighted by molar-refractivity contribution is -0.137. The van der Waals surface area contributed by atoms with Crippen LogP contribution in [-0.4, -0.2) is 47.3 Å². The molecule has 1 N–H and O–H groups in total. The van der Waals surface area contributed by atoms with Crippen molar-refractivity contribution in [3.8, 4) is 0 Å². The molecule has 7 nitrogen and oxygen atoms in total. The van der Waals surface area contributed by atoms with E-state index in [4.69, 9.17) is 0 Å². The number of nitrogens with one attached hydrogen (secondary N) is 1. The van der Waals surface area contributed by atoms with Crippen molar-refractivity contribution in [2.75, 3.05) is 36.0 Å². The number of anilines is 2. The van der Waals surface area contributed by atoms with Crippen molar-refractivity contribution >= 4 is 40.6 Å². The number of hydrogen-bond acceptors (Lipinski definition) is 7. The Kier molecular flexibility index (Phi) is 5.37. The quantitative estimate of drug-likeness (QED) is 0.742. The van der Waals surface area contributed by atoms with E-state index in [1.807, 2.05) is 9.80 Å². The van der Waals surface area contributed by atoms with Gasteiger partial charge in [0.05, 0.1) is 16.2 Å². The van der Waals surface area contributed by atoms with E-state index in [2.05, 4.69) is 15.3 Å². The monoisotopic (exact) mass is 435 g/mol. The highest BCUT2D eigenvalue weighted by molar-refractivity contribution is 8.18. The summed E-state index contributed by atoms with van der Waals surface area (Å²) in [7, 11) is 0. The van der Waals surface area contributed by atoms with Crippen LogP contribution in [0.4, 0.5) is 29.6 Å². The molecule has 2 fully saturated rings. The molecular weight excluding hydrogens is 419 g/mol. The summed E-state index contributed by atoms with van der Waals surface area (Å²) in [4.78, 5) is 35.9. The van der Waals surface area contributed by atoms with E-state index < -0.39 is 22.9 Å². The first-order valence-corrected chi connectivity index (χ1v) is 9.86. The molecule has 2 aliphatic heterocycles. The number of piperazine rings is 1. The van der Waals surface area contributed by atoms with Crippen LogP contribution in [0, 0.1) is 0 Å². The van der Waals surface area contributed by atoms with Crippen LogP contribution in [0.5, 0.6) is 0 Å². The van der Waals surface area contributed by atoms with Crippen molar-refractivity contribution in [1.82, 2.24) is 15.3 Å². The summed E-state index contributed by atoms with van der Waals surface area (Å²) in [5.74, 6) is 0.0430. The molecule has 2 amide bonds. The summed E-state index contributed by atoms with van der Waals surface area (Å²) in [6.07, 6.45) is -1.23. The molecule has 1 aromatic heterocycles. The van der Waals surface area contributed by atoms with Crippen LogP contribution in [0.1, 0.15) is 11.3 Å². The molecule has 0 unspecified atom stereocenters. The highest BCUT2D eigenvalue weighted by atomic mass is 32.2. The Bertz CT molecular complexity index is 1000. The number of carbonyl (C=O) groups excluding carboxylic acids is 2. The predicted molar refractivity (Wildman–Crippen MR) is 107 cm³/mol. The number of aromatic nitrogens is 2. The molecule has 3 heterocycles. The van der Waals surface area contributed by atoms with Crippen molar-refractivity contribution < 1.29 is 22.8 Å². The van der Waals surface area contributed by atoms with Crippen molar-refractivity contribution in [2.24, 2.45) is 0 Å². The summed E-state index contributed by atoms with van der Waals surface area (Å²) >= 11 is 0.821. The van der Waals surface area contributed by atoms with Crippen molar-refractivity contribution in [3.63, 3.8) is 0 Å². The summed E-state index contributed by atoms with van der Waals surface area (Å²) < 4.78 is 38.2. The number of carbonyl (C=O) groups is 2. The second kappa shape index (κ2) is 7.98. The second-order valence-corrected chi connectivity index (χ2v) is 7.67. The number of rotatable bonds is 3. The zero-order chi connectivity index (χ0) is 21.3. The predicted octanol–water partition coefficient (Wildman–Crippen LogP) is 3.15. The van der Waals surface area contributed by atoms with Crippen LogP contribution >= 0.6 is 11.8 Å². The van der Waals surface area contributed by atoms with Crippen LogP contribution in [0.3, 0.4) is 0 Å². The summed E-state index contributed by atoms with van der Waals surface area (Å²) in [6, 6.07) is 6.78. The SMILES string of the molecule is O=C1NC(=O)/C(=C\c2ccnc(N3CCN(c4ccc(C(F)(F)F)cc4)CC3)n2)S1. The van der Waals surface area contributed by atoms with Gasteiger partial charge < -0.3 is 9.80 Å². The number of amides is 2. The number of thioether (sulfide) groups is 1. The Hall–Kier alpha value is -3.08. The van der Waals surface area contributed by atoms with Gasteiger partial charge in [-0.3, -0.25) is 14.9 Å². The lowest BCUT2D eigenvalue weighted by Gasteiger charge is -2.36.